The first-order chi connectivity index (χ1) is 9.19. The van der Waals surface area contributed by atoms with E-state index < -0.39 is 0 Å². The minimum Gasteiger partial charge on any atom is -0.370 e. The van der Waals surface area contributed by atoms with Crippen LogP contribution in [0.3, 0.4) is 0 Å². The van der Waals surface area contributed by atoms with Crippen molar-refractivity contribution in [1.29, 1.82) is 0 Å². The van der Waals surface area contributed by atoms with Gasteiger partial charge in [0, 0.05) is 18.6 Å². The first-order valence-electron chi connectivity index (χ1n) is 7.26. The molecule has 2 aliphatic rings. The molecule has 1 unspecified atom stereocenters. The van der Waals surface area contributed by atoms with Crippen molar-refractivity contribution >= 4 is 35.8 Å². The smallest absolute Gasteiger partial charge is 0.242 e. The summed E-state index contributed by atoms with van der Waals surface area (Å²) in [7, 11) is 0. The Labute approximate surface area is 138 Å². The first-order valence-corrected chi connectivity index (χ1v) is 7.26. The van der Waals surface area contributed by atoms with E-state index in [9.17, 15) is 4.79 Å². The van der Waals surface area contributed by atoms with Crippen LogP contribution in [0.1, 0.15) is 32.6 Å². The van der Waals surface area contributed by atoms with Crippen LogP contribution in [0.4, 0.5) is 0 Å². The number of amides is 1. The molecule has 20 heavy (non-hydrogen) atoms. The number of rotatable bonds is 6. The average molecular weight is 395 g/mol. The monoisotopic (exact) mass is 395 g/mol. The van der Waals surface area contributed by atoms with Crippen LogP contribution in [0.25, 0.3) is 0 Å². The van der Waals surface area contributed by atoms with Crippen molar-refractivity contribution in [2.75, 3.05) is 26.2 Å². The Morgan fingerprint density at radius 2 is 2.15 bits per heavy atom. The molecule has 1 heterocycles. The summed E-state index contributed by atoms with van der Waals surface area (Å²) < 4.78 is 0. The van der Waals surface area contributed by atoms with Gasteiger partial charge in [-0.05, 0) is 38.8 Å². The van der Waals surface area contributed by atoms with Crippen LogP contribution in [-0.4, -0.2) is 55.0 Å². The van der Waals surface area contributed by atoms with Gasteiger partial charge in [0.25, 0.3) is 0 Å². The van der Waals surface area contributed by atoms with E-state index in [0.29, 0.717) is 18.0 Å². The third-order valence-electron chi connectivity index (χ3n) is 3.76. The molecule has 0 aromatic rings. The van der Waals surface area contributed by atoms with Crippen LogP contribution < -0.4 is 16.4 Å². The molecule has 0 spiro atoms. The average Bonchev–Trinajstić information content (AvgIpc) is 3.08. The van der Waals surface area contributed by atoms with Crippen LogP contribution >= 0.6 is 24.0 Å². The minimum absolute atomic E-state index is 0. The number of hydrogen-bond acceptors (Lipinski definition) is 3. The molecule has 1 aliphatic carbocycles. The Balaban J connectivity index is 0.00000200. The Kier molecular flexibility index (Phi) is 7.57. The number of nitrogens with one attached hydrogen (secondary N) is 2. The van der Waals surface area contributed by atoms with Gasteiger partial charge in [0.05, 0.1) is 0 Å². The number of likely N-dealkylation sites (N-methyl/N-ethyl adjacent to an activating group) is 1. The van der Waals surface area contributed by atoms with Crippen LogP contribution in [-0.2, 0) is 4.79 Å². The second-order valence-electron chi connectivity index (χ2n) is 5.35. The third-order valence-corrected chi connectivity index (χ3v) is 3.76. The molecular formula is C13H26IN5O. The topological polar surface area (TPSA) is 82.8 Å². The van der Waals surface area contributed by atoms with Crippen molar-refractivity contribution in [3.8, 4) is 0 Å². The van der Waals surface area contributed by atoms with Crippen molar-refractivity contribution in [2.45, 2.75) is 44.7 Å². The molecule has 0 aromatic heterocycles. The number of halogens is 1. The molecule has 4 N–H and O–H groups in total. The van der Waals surface area contributed by atoms with Crippen LogP contribution in [0.5, 0.6) is 0 Å². The molecule has 1 saturated heterocycles. The predicted molar refractivity (Wildman–Crippen MR) is 91.3 cm³/mol. The highest BCUT2D eigenvalue weighted by Gasteiger charge is 2.23. The molecule has 2 rings (SSSR count). The number of guanidine groups is 1. The molecule has 116 valence electrons. The zero-order chi connectivity index (χ0) is 13.7. The normalized spacial score (nSPS) is 23.2. The Bertz CT molecular complexity index is 346. The van der Waals surface area contributed by atoms with Gasteiger partial charge < -0.3 is 16.4 Å². The summed E-state index contributed by atoms with van der Waals surface area (Å²) in [5, 5.41) is 6.00. The van der Waals surface area contributed by atoms with Crippen LogP contribution in [0.2, 0.25) is 0 Å². The van der Waals surface area contributed by atoms with Gasteiger partial charge in [-0.2, -0.15) is 0 Å². The second-order valence-corrected chi connectivity index (χ2v) is 5.35. The zero-order valence-corrected chi connectivity index (χ0v) is 14.4. The van der Waals surface area contributed by atoms with Crippen molar-refractivity contribution in [3.63, 3.8) is 0 Å². The molecule has 0 radical (unpaired) electrons. The van der Waals surface area contributed by atoms with E-state index in [1.165, 1.54) is 19.4 Å². The number of aliphatic imine (C=N–C) groups is 1. The summed E-state index contributed by atoms with van der Waals surface area (Å²) in [4.78, 5) is 18.0. The van der Waals surface area contributed by atoms with E-state index in [1.54, 1.807) is 0 Å². The maximum Gasteiger partial charge on any atom is 0.242 e. The number of carbonyl (C=O) groups is 1. The van der Waals surface area contributed by atoms with Crippen molar-refractivity contribution in [1.82, 2.24) is 15.5 Å². The molecule has 1 saturated carbocycles. The minimum atomic E-state index is -0.0386. The van der Waals surface area contributed by atoms with Crippen LogP contribution in [0.15, 0.2) is 4.99 Å². The van der Waals surface area contributed by atoms with Crippen molar-refractivity contribution in [2.24, 2.45) is 10.7 Å². The Hall–Kier alpha value is -0.570. The van der Waals surface area contributed by atoms with Crippen LogP contribution in [0, 0.1) is 0 Å². The van der Waals surface area contributed by atoms with E-state index in [4.69, 9.17) is 5.73 Å². The summed E-state index contributed by atoms with van der Waals surface area (Å²) in [6, 6.07) is 0.924. The zero-order valence-electron chi connectivity index (χ0n) is 12.1. The lowest BCUT2D eigenvalue weighted by Gasteiger charge is -2.23. The molecule has 6 nitrogen and oxygen atoms in total. The molecule has 0 bridgehead atoms. The standard InChI is InChI=1S/C13H25N5O.HI/c1-2-18-7-3-4-11(18)8-15-13(14)16-9-12(19)17-10-5-6-10;/h10-11H,2-9H2,1H3,(H,17,19)(H3,14,15,16);1H. The lowest BCUT2D eigenvalue weighted by atomic mass is 10.2. The SMILES string of the molecule is CCN1CCCC1CNC(N)=NCC(=O)NC1CC1.I. The van der Waals surface area contributed by atoms with E-state index in [-0.39, 0.29) is 36.4 Å². The molecule has 1 aliphatic heterocycles. The lowest BCUT2D eigenvalue weighted by Crippen LogP contribution is -2.43. The first kappa shape index (κ1) is 17.5. The molecule has 7 heteroatoms. The number of likely N-dealkylation sites (tertiary alicyclic amines) is 1. The van der Waals surface area contributed by atoms with E-state index in [0.717, 1.165) is 25.9 Å². The number of hydrogen-bond donors (Lipinski definition) is 3. The van der Waals surface area contributed by atoms with Gasteiger partial charge in [-0.25, -0.2) is 4.99 Å². The summed E-state index contributed by atoms with van der Waals surface area (Å²) in [5.41, 5.74) is 5.77. The summed E-state index contributed by atoms with van der Waals surface area (Å²) in [6.45, 7) is 5.36. The number of nitrogens with zero attached hydrogens (tertiary/aromatic N) is 2. The maximum atomic E-state index is 11.4. The quantitative estimate of drug-likeness (QED) is 0.343. The fourth-order valence-corrected chi connectivity index (χ4v) is 2.48. The predicted octanol–water partition coefficient (Wildman–Crippen LogP) is 0.272. The maximum absolute atomic E-state index is 11.4. The highest BCUT2D eigenvalue weighted by molar-refractivity contribution is 14.0. The number of nitrogens with two attached hydrogens (primary N) is 1. The summed E-state index contributed by atoms with van der Waals surface area (Å²) in [6.07, 6.45) is 4.65. The fourth-order valence-electron chi connectivity index (χ4n) is 2.48. The van der Waals surface area contributed by atoms with Gasteiger partial charge in [-0.3, -0.25) is 9.69 Å². The van der Waals surface area contributed by atoms with Gasteiger partial charge in [0.1, 0.15) is 6.54 Å². The summed E-state index contributed by atoms with van der Waals surface area (Å²) >= 11 is 0. The fraction of sp³-hybridized carbons (Fsp3) is 0.846. The van der Waals surface area contributed by atoms with Gasteiger partial charge >= 0.3 is 0 Å². The van der Waals surface area contributed by atoms with E-state index in [2.05, 4.69) is 27.4 Å². The van der Waals surface area contributed by atoms with E-state index >= 15 is 0 Å². The van der Waals surface area contributed by atoms with Gasteiger partial charge in [0.15, 0.2) is 5.96 Å². The highest BCUT2D eigenvalue weighted by atomic mass is 127. The second kappa shape index (κ2) is 8.66. The molecule has 1 amide bonds. The molecular weight excluding hydrogens is 369 g/mol. The van der Waals surface area contributed by atoms with E-state index in [1.807, 2.05) is 0 Å². The molecule has 1 atom stereocenters. The van der Waals surface area contributed by atoms with Gasteiger partial charge in [0.2, 0.25) is 5.91 Å². The van der Waals surface area contributed by atoms with Gasteiger partial charge in [-0.1, -0.05) is 6.92 Å². The Morgan fingerprint density at radius 1 is 1.40 bits per heavy atom. The molecule has 0 aromatic carbocycles. The summed E-state index contributed by atoms with van der Waals surface area (Å²) in [5.74, 6) is 0.331. The Morgan fingerprint density at radius 3 is 2.80 bits per heavy atom. The van der Waals surface area contributed by atoms with Crippen molar-refractivity contribution in [3.05, 3.63) is 0 Å². The lowest BCUT2D eigenvalue weighted by molar-refractivity contribution is -0.119. The highest BCUT2D eigenvalue weighted by Crippen LogP contribution is 2.18. The number of carbonyl (C=O) groups excluding carboxylic acids is 1. The van der Waals surface area contributed by atoms with Crippen molar-refractivity contribution < 1.29 is 4.79 Å². The van der Waals surface area contributed by atoms with Gasteiger partial charge in [-0.15, -0.1) is 24.0 Å². The third kappa shape index (κ3) is 5.82. The largest absolute Gasteiger partial charge is 0.370 e. The molecule has 2 fully saturated rings.